The molecule has 45 heavy (non-hydrogen) atoms. The van der Waals surface area contributed by atoms with Crippen molar-refractivity contribution in [1.29, 1.82) is 0 Å². The summed E-state index contributed by atoms with van der Waals surface area (Å²) in [6, 6.07) is 44.9. The molecule has 2 atom stereocenters. The van der Waals surface area contributed by atoms with Gasteiger partial charge in [-0.1, -0.05) is 0 Å². The summed E-state index contributed by atoms with van der Waals surface area (Å²) >= 11 is -3.92. The van der Waals surface area contributed by atoms with Gasteiger partial charge in [0.05, 0.1) is 0 Å². The number of fused-ring (bicyclic) bond motifs is 2. The average molecular weight is 767 g/mol. The molecule has 2 aliphatic carbocycles. The van der Waals surface area contributed by atoms with Crippen LogP contribution in [0, 0.1) is 13.8 Å². The van der Waals surface area contributed by atoms with Crippen molar-refractivity contribution in [1.82, 2.24) is 0 Å². The Morgan fingerprint density at radius 3 is 1.56 bits per heavy atom. The number of benzene rings is 5. The van der Waals surface area contributed by atoms with Gasteiger partial charge in [-0.2, -0.15) is 0 Å². The van der Waals surface area contributed by atoms with Crippen LogP contribution in [0.1, 0.15) is 46.3 Å². The van der Waals surface area contributed by atoms with Gasteiger partial charge in [0.15, 0.2) is 0 Å². The van der Waals surface area contributed by atoms with E-state index in [0.717, 1.165) is 0 Å². The van der Waals surface area contributed by atoms with Crippen molar-refractivity contribution >= 4 is 17.6 Å². The van der Waals surface area contributed by atoms with Crippen LogP contribution in [0.15, 0.2) is 127 Å². The van der Waals surface area contributed by atoms with E-state index in [1.54, 1.807) is 11.1 Å². The van der Waals surface area contributed by atoms with Crippen LogP contribution in [-0.4, -0.2) is 5.49 Å². The summed E-state index contributed by atoms with van der Waals surface area (Å²) < 4.78 is 6.78. The van der Waals surface area contributed by atoms with Crippen molar-refractivity contribution in [3.8, 4) is 22.3 Å². The maximum atomic E-state index is 2.86. The molecule has 0 aliphatic heterocycles. The number of hydrogen-bond donors (Lipinski definition) is 0. The minimum absolute atomic E-state index is 0.527. The summed E-state index contributed by atoms with van der Waals surface area (Å²) in [5.41, 5.74) is 14.9. The predicted octanol–water partition coefficient (Wildman–Crippen LogP) is 12.1. The summed E-state index contributed by atoms with van der Waals surface area (Å²) in [4.78, 5) is 0. The Balaban J connectivity index is 1.41. The van der Waals surface area contributed by atoms with Crippen LogP contribution in [0.3, 0.4) is 0 Å². The van der Waals surface area contributed by atoms with E-state index in [1.807, 2.05) is 0 Å². The summed E-state index contributed by atoms with van der Waals surface area (Å²) in [5, 5.41) is 0. The van der Waals surface area contributed by atoms with Gasteiger partial charge in [-0.3, -0.25) is 0 Å². The van der Waals surface area contributed by atoms with Gasteiger partial charge in [-0.15, -0.1) is 0 Å². The fourth-order valence-electron chi connectivity index (χ4n) is 8.45. The van der Waals surface area contributed by atoms with E-state index >= 15 is 0 Å². The molecule has 5 aromatic rings. The predicted molar refractivity (Wildman–Crippen MR) is 195 cm³/mol. The zero-order valence-electron chi connectivity index (χ0n) is 27.3. The van der Waals surface area contributed by atoms with Crippen LogP contribution in [0.4, 0.5) is 0 Å². The van der Waals surface area contributed by atoms with Gasteiger partial charge >= 0.3 is 273 Å². The molecule has 0 saturated heterocycles. The van der Waals surface area contributed by atoms with Crippen LogP contribution in [0.2, 0.25) is 22.0 Å². The first-order valence-corrected chi connectivity index (χ1v) is 35.5. The monoisotopic (exact) mass is 768 g/mol. The molecule has 0 fully saturated rings. The molecule has 0 spiro atoms. The third-order valence-corrected chi connectivity index (χ3v) is 69.3. The first-order valence-electron chi connectivity index (χ1n) is 16.6. The molecule has 0 amide bonds. The Morgan fingerprint density at radius 1 is 0.578 bits per heavy atom. The van der Waals surface area contributed by atoms with Crippen molar-refractivity contribution in [2.45, 2.75) is 49.6 Å². The van der Waals surface area contributed by atoms with Gasteiger partial charge in [-0.25, -0.2) is 0 Å². The Bertz CT molecular complexity index is 1940. The molecule has 0 aromatic heterocycles. The molecule has 2 unspecified atom stereocenters. The molecular weight excluding hydrogens is 723 g/mol. The normalized spacial score (nSPS) is 16.9. The molecule has 7 rings (SSSR count). The Hall–Kier alpha value is -3.33. The number of aryl methyl sites for hydroxylation is 3. The summed E-state index contributed by atoms with van der Waals surface area (Å²) in [6.45, 7) is 7.12. The first kappa shape index (κ1) is 30.3. The van der Waals surface area contributed by atoms with Gasteiger partial charge in [0.2, 0.25) is 0 Å². The van der Waals surface area contributed by atoms with Gasteiger partial charge in [0.1, 0.15) is 0 Å². The van der Waals surface area contributed by atoms with E-state index in [0.29, 0.717) is 7.35 Å². The quantitative estimate of drug-likeness (QED) is 0.145. The van der Waals surface area contributed by atoms with Crippen molar-refractivity contribution in [3.63, 3.8) is 0 Å². The molecule has 0 radical (unpaired) electrons. The second-order valence-electron chi connectivity index (χ2n) is 14.4. The molecule has 0 heterocycles. The van der Waals surface area contributed by atoms with Crippen molar-refractivity contribution in [2.24, 2.45) is 0 Å². The van der Waals surface area contributed by atoms with E-state index in [1.165, 1.54) is 62.5 Å². The second-order valence-corrected chi connectivity index (χ2v) is 61.8. The van der Waals surface area contributed by atoms with E-state index in [-0.39, 0.29) is 0 Å². The number of allylic oxidation sites excluding steroid dienone is 2. The number of rotatable bonds is 7. The van der Waals surface area contributed by atoms with Crippen LogP contribution >= 0.6 is 0 Å². The SMILES string of the molecule is Cc1cccc(-c2cccc3c2C=C[CH]3[Hf]([CH3])([CH3])([CH]2C=Cc3c(-c4cccc(C)c4)cccc32)=[Si](C)CCc2ccccc2)c1. The summed E-state index contributed by atoms with van der Waals surface area (Å²) in [7, 11) is 0. The molecule has 0 saturated carbocycles. The van der Waals surface area contributed by atoms with Crippen LogP contribution in [-0.2, 0) is 23.5 Å². The molecule has 224 valence electrons. The van der Waals surface area contributed by atoms with Gasteiger partial charge in [0, 0.05) is 0 Å². The fraction of sp³-hybridized carbons (Fsp3) is 0.209. The first-order chi connectivity index (χ1) is 21.7. The standard InChI is InChI=1S/2C16H13.C9H12Si.2CH3.Hf/c2*1-12-5-2-8-14(11-12)16-10-4-7-13-6-3-9-15(13)16;1-10-8-7-9-5-3-2-4-6-9;;;/h2*2-11H,1H3;2-6H,7-8H2,1H3;2*1H3;. The summed E-state index contributed by atoms with van der Waals surface area (Å²) in [6.07, 6.45) is 11.5. The molecular formula is C43H44HfSi. The van der Waals surface area contributed by atoms with Crippen LogP contribution < -0.4 is 0 Å². The zero-order valence-corrected chi connectivity index (χ0v) is 31.9. The maximum absolute atomic E-state index is 3.92. The van der Waals surface area contributed by atoms with Crippen molar-refractivity contribution in [3.05, 3.63) is 166 Å². The third-order valence-electron chi connectivity index (χ3n) is 11.4. The topological polar surface area (TPSA) is 0 Å². The minimum atomic E-state index is -3.92. The molecule has 2 aliphatic rings. The van der Waals surface area contributed by atoms with Crippen molar-refractivity contribution < 1.29 is 17.1 Å². The van der Waals surface area contributed by atoms with E-state index in [9.17, 15) is 0 Å². The Kier molecular flexibility index (Phi) is 7.95. The van der Waals surface area contributed by atoms with Crippen molar-refractivity contribution in [2.75, 3.05) is 0 Å². The van der Waals surface area contributed by atoms with E-state index < -0.39 is 22.6 Å². The Morgan fingerprint density at radius 2 is 1.07 bits per heavy atom. The Labute approximate surface area is 271 Å². The van der Waals surface area contributed by atoms with Gasteiger partial charge in [-0.05, 0) is 0 Å². The van der Waals surface area contributed by atoms with Gasteiger partial charge < -0.3 is 0 Å². The van der Waals surface area contributed by atoms with E-state index in [2.05, 4.69) is 169 Å². The zero-order chi connectivity index (χ0) is 31.2. The molecule has 0 N–H and O–H groups in total. The molecule has 5 aromatic carbocycles. The van der Waals surface area contributed by atoms with Crippen LogP contribution in [0.25, 0.3) is 34.4 Å². The summed E-state index contributed by atoms with van der Waals surface area (Å²) in [5.74, 6) is 0. The fourth-order valence-corrected chi connectivity index (χ4v) is 51.4. The second kappa shape index (κ2) is 11.8. The van der Waals surface area contributed by atoms with E-state index in [4.69, 9.17) is 0 Å². The molecule has 0 nitrogen and oxygen atoms in total. The third kappa shape index (κ3) is 5.25. The number of hydrogen-bond acceptors (Lipinski definition) is 0. The average Bonchev–Trinajstić information content (AvgIpc) is 3.70. The van der Waals surface area contributed by atoms with Crippen LogP contribution in [0.5, 0.6) is 0 Å². The van der Waals surface area contributed by atoms with Gasteiger partial charge in [0.25, 0.3) is 0 Å². The molecule has 2 heteroatoms. The molecule has 0 bridgehead atoms.